The molecule has 0 saturated carbocycles. The van der Waals surface area contributed by atoms with Gasteiger partial charge in [0.2, 0.25) is 15.9 Å². The fourth-order valence-corrected chi connectivity index (χ4v) is 3.80. The van der Waals surface area contributed by atoms with Gasteiger partial charge >= 0.3 is 0 Å². The summed E-state index contributed by atoms with van der Waals surface area (Å²) in [5.74, 6) is 0.144. The predicted molar refractivity (Wildman–Crippen MR) is 105 cm³/mol. The lowest BCUT2D eigenvalue weighted by Gasteiger charge is -2.28. The number of nitrogens with zero attached hydrogens (tertiary/aromatic N) is 2. The Morgan fingerprint density at radius 2 is 1.89 bits per heavy atom. The molecule has 1 atom stereocenters. The van der Waals surface area contributed by atoms with Gasteiger partial charge in [-0.3, -0.25) is 19.2 Å². The first-order chi connectivity index (χ1) is 13.1. The number of hydrogen-bond donors (Lipinski definition) is 1. The monoisotopic (exact) mass is 407 g/mol. The Kier molecular flexibility index (Phi) is 6.57. The van der Waals surface area contributed by atoms with Crippen LogP contribution in [-0.4, -0.2) is 38.7 Å². The van der Waals surface area contributed by atoms with Crippen LogP contribution in [0.4, 0.5) is 11.4 Å². The van der Waals surface area contributed by atoms with Crippen LogP contribution in [0.15, 0.2) is 48.5 Å². The van der Waals surface area contributed by atoms with E-state index in [1.807, 2.05) is 0 Å². The zero-order valence-electron chi connectivity index (χ0n) is 15.7. The fraction of sp³-hybridized carbons (Fsp3) is 0.278. The average Bonchev–Trinajstić information content (AvgIpc) is 2.65. The molecule has 28 heavy (non-hydrogen) atoms. The van der Waals surface area contributed by atoms with Crippen molar-refractivity contribution in [2.24, 2.45) is 0 Å². The molecule has 1 N–H and O–H groups in total. The molecule has 0 bridgehead atoms. The van der Waals surface area contributed by atoms with E-state index in [0.29, 0.717) is 5.75 Å². The van der Waals surface area contributed by atoms with Gasteiger partial charge in [0.25, 0.3) is 5.69 Å². The summed E-state index contributed by atoms with van der Waals surface area (Å²) in [6, 6.07) is 11.1. The summed E-state index contributed by atoms with van der Waals surface area (Å²) >= 11 is 0. The quantitative estimate of drug-likeness (QED) is 0.529. The molecule has 0 radical (unpaired) electrons. The number of rotatable bonds is 8. The molecular formula is C18H21N3O6S. The summed E-state index contributed by atoms with van der Waals surface area (Å²) < 4.78 is 30.5. The molecule has 0 spiro atoms. The number of nitro groups is 1. The summed E-state index contributed by atoms with van der Waals surface area (Å²) in [6.45, 7) is 1.61. The molecule has 2 aromatic carbocycles. The fourth-order valence-electron chi connectivity index (χ4n) is 2.63. The molecular weight excluding hydrogens is 386 g/mol. The van der Waals surface area contributed by atoms with Crippen LogP contribution >= 0.6 is 0 Å². The maximum atomic E-state index is 12.5. The molecule has 0 aliphatic carbocycles. The zero-order valence-corrected chi connectivity index (χ0v) is 16.5. The lowest BCUT2D eigenvalue weighted by Crippen LogP contribution is -2.47. The molecule has 1 amide bonds. The van der Waals surface area contributed by atoms with Crippen molar-refractivity contribution >= 4 is 27.3 Å². The normalized spacial score (nSPS) is 12.1. The van der Waals surface area contributed by atoms with Crippen LogP contribution in [0, 0.1) is 10.1 Å². The molecule has 0 aromatic heterocycles. The van der Waals surface area contributed by atoms with Gasteiger partial charge in [-0.2, -0.15) is 0 Å². The van der Waals surface area contributed by atoms with E-state index < -0.39 is 26.9 Å². The summed E-state index contributed by atoms with van der Waals surface area (Å²) in [4.78, 5) is 22.9. The van der Waals surface area contributed by atoms with Crippen molar-refractivity contribution in [2.75, 3.05) is 17.7 Å². The van der Waals surface area contributed by atoms with Gasteiger partial charge < -0.3 is 10.1 Å². The van der Waals surface area contributed by atoms with Crippen LogP contribution in [0.5, 0.6) is 5.75 Å². The summed E-state index contributed by atoms with van der Waals surface area (Å²) in [7, 11) is -2.32. The molecule has 1 unspecified atom stereocenters. The Balaban J connectivity index is 2.20. The minimum Gasteiger partial charge on any atom is -0.497 e. The largest absolute Gasteiger partial charge is 0.497 e. The van der Waals surface area contributed by atoms with E-state index in [1.54, 1.807) is 31.4 Å². The van der Waals surface area contributed by atoms with Crippen LogP contribution in [0.3, 0.4) is 0 Å². The second-order valence-electron chi connectivity index (χ2n) is 6.08. The number of nitro benzene ring substituents is 1. The smallest absolute Gasteiger partial charge is 0.271 e. The van der Waals surface area contributed by atoms with Crippen molar-refractivity contribution in [1.82, 2.24) is 5.32 Å². The second kappa shape index (κ2) is 8.70. The number of hydrogen-bond acceptors (Lipinski definition) is 6. The van der Waals surface area contributed by atoms with E-state index in [1.165, 1.54) is 25.1 Å². The number of carbonyl (C=O) groups is 1. The molecule has 10 heteroatoms. The molecule has 0 saturated heterocycles. The third-order valence-corrected chi connectivity index (χ3v) is 5.25. The van der Waals surface area contributed by atoms with E-state index in [9.17, 15) is 23.3 Å². The number of nitrogens with one attached hydrogen (secondary N) is 1. The lowest BCUT2D eigenvalue weighted by atomic mass is 10.2. The van der Waals surface area contributed by atoms with E-state index >= 15 is 0 Å². The molecule has 0 fully saturated rings. The van der Waals surface area contributed by atoms with Gasteiger partial charge in [0.15, 0.2) is 0 Å². The number of ether oxygens (including phenoxy) is 1. The molecule has 0 aliphatic rings. The molecule has 2 aromatic rings. The Hall–Kier alpha value is -3.14. The van der Waals surface area contributed by atoms with Crippen molar-refractivity contribution in [2.45, 2.75) is 19.5 Å². The zero-order chi connectivity index (χ0) is 20.9. The highest BCUT2D eigenvalue weighted by Crippen LogP contribution is 2.25. The Bertz CT molecular complexity index is 960. The third-order valence-electron chi connectivity index (χ3n) is 4.01. The average molecular weight is 407 g/mol. The van der Waals surface area contributed by atoms with Crippen molar-refractivity contribution in [3.8, 4) is 5.75 Å². The molecule has 9 nitrogen and oxygen atoms in total. The standard InChI is InChI=1S/C18H21N3O6S/c1-13(18(22)19-12-14-7-9-17(27-2)10-8-14)20(28(3,25)26)15-5-4-6-16(11-15)21(23)24/h4-11,13H,12H2,1-3H3,(H,19,22). The van der Waals surface area contributed by atoms with Crippen molar-refractivity contribution in [1.29, 1.82) is 0 Å². The molecule has 0 heterocycles. The predicted octanol–water partition coefficient (Wildman–Crippen LogP) is 2.07. The molecule has 0 aliphatic heterocycles. The maximum absolute atomic E-state index is 12.5. The highest BCUT2D eigenvalue weighted by molar-refractivity contribution is 7.92. The minimum absolute atomic E-state index is 0.0452. The number of carbonyl (C=O) groups excluding carboxylic acids is 1. The first-order valence-electron chi connectivity index (χ1n) is 8.28. The number of non-ortho nitro benzene ring substituents is 1. The molecule has 2 rings (SSSR count). The molecule has 150 valence electrons. The van der Waals surface area contributed by atoms with Gasteiger partial charge in [-0.25, -0.2) is 8.42 Å². The van der Waals surface area contributed by atoms with Crippen LogP contribution in [0.1, 0.15) is 12.5 Å². The van der Waals surface area contributed by atoms with Crippen molar-refractivity contribution in [3.63, 3.8) is 0 Å². The van der Waals surface area contributed by atoms with Crippen LogP contribution in [-0.2, 0) is 21.4 Å². The van der Waals surface area contributed by atoms with Gasteiger partial charge in [-0.05, 0) is 30.7 Å². The summed E-state index contributed by atoms with van der Waals surface area (Å²) in [5.41, 5.74) is 0.586. The van der Waals surface area contributed by atoms with Crippen molar-refractivity contribution in [3.05, 3.63) is 64.2 Å². The van der Waals surface area contributed by atoms with Crippen LogP contribution < -0.4 is 14.4 Å². The number of amides is 1. The van der Waals surface area contributed by atoms with Crippen molar-refractivity contribution < 1.29 is 22.9 Å². The number of anilines is 1. The number of benzene rings is 2. The Labute approximate surface area is 163 Å². The van der Waals surface area contributed by atoms with Gasteiger partial charge in [0.05, 0.1) is 24.0 Å². The van der Waals surface area contributed by atoms with Crippen LogP contribution in [0.25, 0.3) is 0 Å². The Morgan fingerprint density at radius 1 is 1.25 bits per heavy atom. The van der Waals surface area contributed by atoms with Gasteiger partial charge in [0, 0.05) is 18.7 Å². The number of methoxy groups -OCH3 is 1. The van der Waals surface area contributed by atoms with E-state index in [4.69, 9.17) is 4.74 Å². The first-order valence-corrected chi connectivity index (χ1v) is 10.1. The van der Waals surface area contributed by atoms with Crippen LogP contribution in [0.2, 0.25) is 0 Å². The van der Waals surface area contributed by atoms with Gasteiger partial charge in [-0.15, -0.1) is 0 Å². The first kappa shape index (κ1) is 21.2. The highest BCUT2D eigenvalue weighted by Gasteiger charge is 2.29. The van der Waals surface area contributed by atoms with E-state index in [-0.39, 0.29) is 17.9 Å². The van der Waals surface area contributed by atoms with E-state index in [0.717, 1.165) is 22.2 Å². The maximum Gasteiger partial charge on any atom is 0.271 e. The SMILES string of the molecule is COc1ccc(CNC(=O)C(C)N(c2cccc([N+](=O)[O-])c2)S(C)(=O)=O)cc1. The topological polar surface area (TPSA) is 119 Å². The van der Waals surface area contributed by atoms with Gasteiger partial charge in [0.1, 0.15) is 11.8 Å². The third kappa shape index (κ3) is 5.19. The summed E-state index contributed by atoms with van der Waals surface area (Å²) in [6.07, 6.45) is 0.944. The highest BCUT2D eigenvalue weighted by atomic mass is 32.2. The van der Waals surface area contributed by atoms with Gasteiger partial charge in [-0.1, -0.05) is 18.2 Å². The number of sulfonamides is 1. The van der Waals surface area contributed by atoms with E-state index in [2.05, 4.69) is 5.32 Å². The Morgan fingerprint density at radius 3 is 2.43 bits per heavy atom. The second-order valence-corrected chi connectivity index (χ2v) is 7.94. The lowest BCUT2D eigenvalue weighted by molar-refractivity contribution is -0.384. The summed E-state index contributed by atoms with van der Waals surface area (Å²) in [5, 5.41) is 13.7. The minimum atomic E-state index is -3.86.